The second-order valence-corrected chi connectivity index (χ2v) is 1.91. The van der Waals surface area contributed by atoms with Gasteiger partial charge in [-0.2, -0.15) is 0 Å². The van der Waals surface area contributed by atoms with Gasteiger partial charge in [-0.15, -0.1) is 0 Å². The van der Waals surface area contributed by atoms with Gasteiger partial charge in [0, 0.05) is 6.54 Å². The van der Waals surface area contributed by atoms with Crippen molar-refractivity contribution in [2.24, 2.45) is 4.99 Å². The van der Waals surface area contributed by atoms with Gasteiger partial charge in [-0.05, 0) is 0 Å². The van der Waals surface area contributed by atoms with Crippen molar-refractivity contribution in [3.05, 3.63) is 0 Å². The number of hydrogen-bond donors (Lipinski definition) is 0. The van der Waals surface area contributed by atoms with Gasteiger partial charge in [0.2, 0.25) is 0 Å². The molecule has 0 spiro atoms. The largest absolute Gasteiger partial charge is 1.00 e. The molecule has 1 heterocycles. The molecule has 0 aliphatic carbocycles. The first kappa shape index (κ1) is 15.9. The van der Waals surface area contributed by atoms with Crippen LogP contribution < -0.4 is 69.3 Å². The first-order valence-corrected chi connectivity index (χ1v) is 2.87. The third kappa shape index (κ3) is 3.97. The molecule has 0 unspecified atom stereocenters. The van der Waals surface area contributed by atoms with Crippen LogP contribution in [-0.4, -0.2) is 35.9 Å². The van der Waals surface area contributed by atoms with Crippen LogP contribution in [0.1, 0.15) is 0 Å². The minimum Gasteiger partial charge on any atom is -0.542 e. The van der Waals surface area contributed by atoms with Crippen LogP contribution in [0.15, 0.2) is 4.99 Å². The van der Waals surface area contributed by atoms with E-state index < -0.39 is 17.9 Å². The van der Waals surface area contributed by atoms with E-state index in [2.05, 4.69) is 4.99 Å². The Bertz CT molecular complexity index is 243. The average molecular weight is 202 g/mol. The zero-order valence-electron chi connectivity index (χ0n) is 7.44. The topological polar surface area (TPSA) is 95.9 Å². The normalized spacial score (nSPS) is 13.8. The third-order valence-electron chi connectivity index (χ3n) is 1.24. The Kier molecular flexibility index (Phi) is 8.30. The van der Waals surface area contributed by atoms with Crippen molar-refractivity contribution in [3.63, 3.8) is 0 Å². The monoisotopic (exact) mass is 202 g/mol. The van der Waals surface area contributed by atoms with E-state index in [1.165, 1.54) is 0 Å². The summed E-state index contributed by atoms with van der Waals surface area (Å²) in [6.07, 6.45) is -1.56. The first-order valence-electron chi connectivity index (χ1n) is 2.87. The molecular formula is C5H4N2Na2O4. The molecule has 0 aromatic rings. The summed E-state index contributed by atoms with van der Waals surface area (Å²) in [5, 5.41) is 20.3. The maximum absolute atomic E-state index is 10.2. The fraction of sp³-hybridized carbons (Fsp3) is 0.400. The number of aliphatic imine (C=N–C) groups is 1. The van der Waals surface area contributed by atoms with Crippen LogP contribution in [-0.2, 0) is 4.79 Å². The Balaban J connectivity index is 0. The summed E-state index contributed by atoms with van der Waals surface area (Å²) in [5.41, 5.74) is 0. The van der Waals surface area contributed by atoms with E-state index in [0.29, 0.717) is 4.90 Å². The van der Waals surface area contributed by atoms with Crippen molar-refractivity contribution < 1.29 is 78.9 Å². The van der Waals surface area contributed by atoms with Crippen molar-refractivity contribution in [2.45, 2.75) is 0 Å². The van der Waals surface area contributed by atoms with Crippen LogP contribution >= 0.6 is 0 Å². The van der Waals surface area contributed by atoms with Crippen molar-refractivity contribution in [1.82, 2.24) is 4.90 Å². The van der Waals surface area contributed by atoms with Crippen LogP contribution in [0.3, 0.4) is 0 Å². The molecule has 0 aromatic heterocycles. The zero-order valence-corrected chi connectivity index (χ0v) is 11.4. The predicted molar refractivity (Wildman–Crippen MR) is 29.4 cm³/mol. The maximum Gasteiger partial charge on any atom is 1.00 e. The summed E-state index contributed by atoms with van der Waals surface area (Å²) < 4.78 is 0. The van der Waals surface area contributed by atoms with Gasteiger partial charge in [-0.25, -0.2) is 0 Å². The van der Waals surface area contributed by atoms with Gasteiger partial charge < -0.3 is 24.7 Å². The van der Waals surface area contributed by atoms with Crippen molar-refractivity contribution >= 4 is 17.9 Å². The standard InChI is InChI=1S/C5H6N2O4.2Na/c8-4(9)3-6-1-2-7(3)5(10)11;;/h1-2H2,(H,8,9)(H,10,11);;/q;2*+1/p-2. The predicted octanol–water partition coefficient (Wildman–Crippen LogP) is -9.20. The number of carbonyl (C=O) groups excluding carboxylic acids is 2. The van der Waals surface area contributed by atoms with Gasteiger partial charge in [-0.3, -0.25) is 4.99 Å². The number of carboxylic acids is 1. The first-order chi connectivity index (χ1) is 5.13. The van der Waals surface area contributed by atoms with Crippen molar-refractivity contribution in [1.29, 1.82) is 0 Å². The summed E-state index contributed by atoms with van der Waals surface area (Å²) in [7, 11) is 0. The molecule has 0 saturated heterocycles. The summed E-state index contributed by atoms with van der Waals surface area (Å²) in [5.74, 6) is -2.16. The minimum absolute atomic E-state index is 0. The van der Waals surface area contributed by atoms with E-state index in [1.807, 2.05) is 0 Å². The molecule has 0 bridgehead atoms. The molecule has 0 N–H and O–H groups in total. The molecule has 6 nitrogen and oxygen atoms in total. The van der Waals surface area contributed by atoms with Crippen LogP contribution in [0.25, 0.3) is 0 Å². The molecule has 0 atom stereocenters. The maximum atomic E-state index is 10.2. The fourth-order valence-corrected chi connectivity index (χ4v) is 0.800. The number of amidine groups is 1. The molecule has 0 aromatic carbocycles. The molecule has 13 heavy (non-hydrogen) atoms. The van der Waals surface area contributed by atoms with Gasteiger partial charge in [-0.1, -0.05) is 0 Å². The molecule has 0 fully saturated rings. The Morgan fingerprint density at radius 1 is 1.31 bits per heavy atom. The van der Waals surface area contributed by atoms with E-state index in [4.69, 9.17) is 0 Å². The average Bonchev–Trinajstić information content (AvgIpc) is 2.32. The number of carboxylic acid groups (broad SMARTS) is 2. The summed E-state index contributed by atoms with van der Waals surface area (Å²) in [4.78, 5) is 24.2. The van der Waals surface area contributed by atoms with E-state index >= 15 is 0 Å². The summed E-state index contributed by atoms with van der Waals surface area (Å²) in [6, 6.07) is 0. The van der Waals surface area contributed by atoms with Gasteiger partial charge in [0.1, 0.15) is 12.1 Å². The molecule has 1 aliphatic heterocycles. The third-order valence-corrected chi connectivity index (χ3v) is 1.24. The van der Waals surface area contributed by atoms with E-state index in [9.17, 15) is 19.8 Å². The molecule has 0 radical (unpaired) electrons. The molecule has 60 valence electrons. The Hall–Kier alpha value is 0.410. The fourth-order valence-electron chi connectivity index (χ4n) is 0.800. The second-order valence-electron chi connectivity index (χ2n) is 1.91. The number of hydrogen-bond acceptors (Lipinski definition) is 5. The number of amides is 1. The molecule has 8 heteroatoms. The number of nitrogens with zero attached hydrogens (tertiary/aromatic N) is 2. The van der Waals surface area contributed by atoms with Gasteiger partial charge in [0.05, 0.1) is 6.54 Å². The molecule has 1 aliphatic rings. The summed E-state index contributed by atoms with van der Waals surface area (Å²) in [6.45, 7) is 0.183. The molecule has 1 rings (SSSR count). The minimum atomic E-state index is -1.59. The van der Waals surface area contributed by atoms with Crippen LogP contribution in [0, 0.1) is 0 Å². The van der Waals surface area contributed by atoms with Crippen LogP contribution in [0.2, 0.25) is 0 Å². The molecular weight excluding hydrogens is 198 g/mol. The van der Waals surface area contributed by atoms with Gasteiger partial charge in [0.15, 0.2) is 5.84 Å². The number of rotatable bonds is 1. The van der Waals surface area contributed by atoms with E-state index in [0.717, 1.165) is 0 Å². The second kappa shape index (κ2) is 6.80. The molecule has 0 saturated carbocycles. The Labute approximate surface area is 119 Å². The smallest absolute Gasteiger partial charge is 0.542 e. The molecule has 1 amide bonds. The Morgan fingerprint density at radius 2 is 1.85 bits per heavy atom. The SMILES string of the molecule is O=C([O-])C1=NCCN1C(=O)[O-].[Na+].[Na+]. The zero-order chi connectivity index (χ0) is 8.43. The quantitative estimate of drug-likeness (QED) is 0.394. The van der Waals surface area contributed by atoms with E-state index in [-0.39, 0.29) is 72.2 Å². The Morgan fingerprint density at radius 3 is 2.15 bits per heavy atom. The van der Waals surface area contributed by atoms with Gasteiger partial charge >= 0.3 is 59.1 Å². The van der Waals surface area contributed by atoms with Crippen LogP contribution in [0.5, 0.6) is 0 Å². The summed E-state index contributed by atoms with van der Waals surface area (Å²) >= 11 is 0. The number of aliphatic carboxylic acids is 1. The van der Waals surface area contributed by atoms with E-state index in [1.54, 1.807) is 0 Å². The van der Waals surface area contributed by atoms with Crippen molar-refractivity contribution in [3.8, 4) is 0 Å². The van der Waals surface area contributed by atoms with Crippen LogP contribution in [0.4, 0.5) is 4.79 Å². The van der Waals surface area contributed by atoms with Gasteiger partial charge in [0.25, 0.3) is 0 Å². The van der Waals surface area contributed by atoms with Crippen molar-refractivity contribution in [2.75, 3.05) is 13.1 Å². The number of carbonyl (C=O) groups is 2.